The summed E-state index contributed by atoms with van der Waals surface area (Å²) < 4.78 is 2.08. The van der Waals surface area contributed by atoms with Crippen LogP contribution in [0.4, 0.5) is 5.13 Å². The fraction of sp³-hybridized carbons (Fsp3) is 0.368. The van der Waals surface area contributed by atoms with E-state index in [1.807, 2.05) is 6.92 Å². The number of hydrogen-bond donors (Lipinski definition) is 2. The molecule has 0 aromatic carbocycles. The van der Waals surface area contributed by atoms with Gasteiger partial charge in [-0.1, -0.05) is 30.9 Å². The predicted molar refractivity (Wildman–Crippen MR) is 114 cm³/mol. The minimum atomic E-state index is 0. The van der Waals surface area contributed by atoms with Crippen LogP contribution < -0.4 is 5.32 Å². The van der Waals surface area contributed by atoms with Gasteiger partial charge in [0.25, 0.3) is 0 Å². The van der Waals surface area contributed by atoms with E-state index in [1.165, 1.54) is 11.3 Å². The van der Waals surface area contributed by atoms with Gasteiger partial charge >= 0.3 is 0 Å². The number of carbonyl (C=O) groups excluding carboxylic acids is 1. The molecule has 0 saturated carbocycles. The van der Waals surface area contributed by atoms with Crippen molar-refractivity contribution in [2.45, 2.75) is 48.0 Å². The summed E-state index contributed by atoms with van der Waals surface area (Å²) in [4.78, 5) is 10.3. The molecular formula is C19H31N5OS. The highest BCUT2D eigenvalue weighted by atomic mass is 32.1. The number of Topliss-reactive ketones (excluding diaryl/α,β-unsaturated/α-hetero) is 1. The summed E-state index contributed by atoms with van der Waals surface area (Å²) in [5.41, 5.74) is 3.41. The van der Waals surface area contributed by atoms with Gasteiger partial charge in [0, 0.05) is 17.8 Å². The van der Waals surface area contributed by atoms with Gasteiger partial charge in [0.2, 0.25) is 10.3 Å². The lowest BCUT2D eigenvalue weighted by Gasteiger charge is -2.02. The van der Waals surface area contributed by atoms with Crippen molar-refractivity contribution in [2.75, 3.05) is 5.32 Å². The minimum Gasteiger partial charge on any atom is -0.337 e. The number of aromatic nitrogens is 3. The smallest absolute Gasteiger partial charge is 0.218 e. The second kappa shape index (κ2) is 13.7. The Morgan fingerprint density at radius 3 is 2.15 bits per heavy atom. The van der Waals surface area contributed by atoms with Crippen molar-refractivity contribution in [1.29, 1.82) is 5.41 Å². The van der Waals surface area contributed by atoms with Crippen LogP contribution in [-0.4, -0.2) is 27.3 Å². The van der Waals surface area contributed by atoms with E-state index in [0.717, 1.165) is 33.6 Å². The van der Waals surface area contributed by atoms with Gasteiger partial charge < -0.3 is 15.5 Å². The average Bonchev–Trinajstić information content (AvgIpc) is 3.15. The van der Waals surface area contributed by atoms with Gasteiger partial charge in [-0.15, -0.1) is 16.8 Å². The Labute approximate surface area is 161 Å². The molecule has 0 aliphatic rings. The van der Waals surface area contributed by atoms with Gasteiger partial charge in [-0.25, -0.2) is 0 Å². The highest BCUT2D eigenvalue weighted by molar-refractivity contribution is 7.17. The standard InChI is InChI=1S/C10H12N4S.C7H12O.CH3N.CH4/c1-4-11-9-12-13-10(15-9)14-7(2)5-6-8(14)3;1-6(2)4-5-7(3)8;1-2;/h4-6H,1H2,2-3H3,(H,11,12);1,4-5H2,2-3H3;2H,1H2;1H4. The number of anilines is 1. The molecule has 2 N–H and O–H groups in total. The van der Waals surface area contributed by atoms with Crippen LogP contribution in [-0.2, 0) is 4.79 Å². The Kier molecular flexibility index (Phi) is 13.6. The van der Waals surface area contributed by atoms with Crippen LogP contribution in [0.1, 0.15) is 45.5 Å². The Hall–Kier alpha value is -2.54. The molecule has 6 nitrogen and oxygen atoms in total. The van der Waals surface area contributed by atoms with Crippen molar-refractivity contribution in [1.82, 2.24) is 14.8 Å². The molecule has 2 aromatic heterocycles. The van der Waals surface area contributed by atoms with E-state index in [2.05, 4.69) is 65.9 Å². The Morgan fingerprint density at radius 2 is 1.77 bits per heavy atom. The highest BCUT2D eigenvalue weighted by Crippen LogP contribution is 2.22. The van der Waals surface area contributed by atoms with Crippen LogP contribution in [0, 0.1) is 19.3 Å². The first-order valence-corrected chi connectivity index (χ1v) is 8.52. The Balaban J connectivity index is 0. The summed E-state index contributed by atoms with van der Waals surface area (Å²) in [5.74, 6) is 0.244. The topological polar surface area (TPSA) is 83.7 Å². The molecule has 0 aliphatic carbocycles. The number of aryl methyl sites for hydroxylation is 2. The van der Waals surface area contributed by atoms with E-state index in [4.69, 9.17) is 5.41 Å². The fourth-order valence-corrected chi connectivity index (χ4v) is 2.67. The van der Waals surface area contributed by atoms with E-state index in [9.17, 15) is 4.79 Å². The number of ketones is 1. The molecule has 0 spiro atoms. The maximum atomic E-state index is 10.3. The van der Waals surface area contributed by atoms with Gasteiger partial charge in [-0.05, 0) is 59.2 Å². The maximum absolute atomic E-state index is 10.3. The van der Waals surface area contributed by atoms with Gasteiger partial charge in [-0.2, -0.15) is 0 Å². The van der Waals surface area contributed by atoms with Crippen molar-refractivity contribution in [2.24, 2.45) is 0 Å². The molecule has 0 saturated heterocycles. The lowest BCUT2D eigenvalue weighted by Crippen LogP contribution is -1.97. The van der Waals surface area contributed by atoms with Crippen molar-refractivity contribution >= 4 is 29.0 Å². The zero-order valence-corrected chi connectivity index (χ0v) is 16.2. The molecule has 2 heterocycles. The summed E-state index contributed by atoms with van der Waals surface area (Å²) in [6.07, 6.45) is 3.09. The normalized spacial score (nSPS) is 8.77. The summed E-state index contributed by atoms with van der Waals surface area (Å²) in [7, 11) is 0. The van der Waals surface area contributed by atoms with Crippen LogP contribution in [0.2, 0.25) is 0 Å². The SMILES string of the molecule is C.C=C(C)CCC(C)=O.C=CNc1nnc(-n2c(C)ccc2C)s1.C=N. The van der Waals surface area contributed by atoms with E-state index < -0.39 is 0 Å². The Bertz CT molecular complexity index is 669. The molecule has 0 bridgehead atoms. The second-order valence-electron chi connectivity index (χ2n) is 5.35. The molecule has 0 fully saturated rings. The summed E-state index contributed by atoms with van der Waals surface area (Å²) in [5, 5.41) is 18.2. The second-order valence-corrected chi connectivity index (χ2v) is 6.30. The minimum absolute atomic E-state index is 0. The largest absolute Gasteiger partial charge is 0.337 e. The molecular weight excluding hydrogens is 346 g/mol. The van der Waals surface area contributed by atoms with Crippen molar-refractivity contribution in [3.63, 3.8) is 0 Å². The molecule has 0 atom stereocenters. The van der Waals surface area contributed by atoms with Gasteiger partial charge in [0.1, 0.15) is 5.78 Å². The quantitative estimate of drug-likeness (QED) is 0.526. The number of nitrogens with zero attached hydrogens (tertiary/aromatic N) is 3. The van der Waals surface area contributed by atoms with Crippen molar-refractivity contribution in [3.8, 4) is 5.13 Å². The van der Waals surface area contributed by atoms with E-state index in [1.54, 1.807) is 13.1 Å². The van der Waals surface area contributed by atoms with Gasteiger partial charge in [-0.3, -0.25) is 4.57 Å². The Morgan fingerprint density at radius 1 is 1.23 bits per heavy atom. The summed E-state index contributed by atoms with van der Waals surface area (Å²) in [6, 6.07) is 4.13. The predicted octanol–water partition coefficient (Wildman–Crippen LogP) is 5.33. The number of allylic oxidation sites excluding steroid dienone is 1. The van der Waals surface area contributed by atoms with E-state index >= 15 is 0 Å². The zero-order chi connectivity index (χ0) is 19.4. The van der Waals surface area contributed by atoms with Crippen LogP contribution in [0.5, 0.6) is 0 Å². The van der Waals surface area contributed by atoms with Crippen LogP contribution in [0.25, 0.3) is 5.13 Å². The third-order valence-corrected chi connectivity index (χ3v) is 3.85. The first-order valence-electron chi connectivity index (χ1n) is 7.70. The molecule has 0 radical (unpaired) electrons. The molecule has 2 aromatic rings. The molecule has 26 heavy (non-hydrogen) atoms. The lowest BCUT2D eigenvalue weighted by atomic mass is 10.1. The lowest BCUT2D eigenvalue weighted by molar-refractivity contribution is -0.116. The third kappa shape index (κ3) is 9.08. The first-order chi connectivity index (χ1) is 11.8. The number of rotatable bonds is 6. The van der Waals surface area contributed by atoms with E-state index in [0.29, 0.717) is 6.42 Å². The van der Waals surface area contributed by atoms with Gasteiger partial charge in [0.05, 0.1) is 0 Å². The average molecular weight is 378 g/mol. The fourth-order valence-electron chi connectivity index (χ4n) is 1.81. The number of nitrogens with one attached hydrogen (secondary N) is 2. The van der Waals surface area contributed by atoms with Crippen LogP contribution >= 0.6 is 11.3 Å². The van der Waals surface area contributed by atoms with Crippen LogP contribution in [0.3, 0.4) is 0 Å². The zero-order valence-electron chi connectivity index (χ0n) is 15.4. The van der Waals surface area contributed by atoms with Crippen LogP contribution in [0.15, 0.2) is 37.1 Å². The molecule has 144 valence electrons. The summed E-state index contributed by atoms with van der Waals surface area (Å²) >= 11 is 1.50. The molecule has 0 aliphatic heterocycles. The molecule has 0 amide bonds. The number of carbonyl (C=O) groups is 1. The molecule has 7 heteroatoms. The monoisotopic (exact) mass is 377 g/mol. The first kappa shape index (κ1) is 25.7. The molecule has 0 unspecified atom stereocenters. The third-order valence-electron chi connectivity index (χ3n) is 3.01. The van der Waals surface area contributed by atoms with E-state index in [-0.39, 0.29) is 13.2 Å². The number of hydrogen-bond acceptors (Lipinski definition) is 6. The maximum Gasteiger partial charge on any atom is 0.218 e. The van der Waals surface area contributed by atoms with Gasteiger partial charge in [0.15, 0.2) is 0 Å². The highest BCUT2D eigenvalue weighted by Gasteiger charge is 2.09. The molecule has 2 rings (SSSR count). The van der Waals surface area contributed by atoms with Crippen molar-refractivity contribution in [3.05, 3.63) is 48.5 Å². The summed E-state index contributed by atoms with van der Waals surface area (Å²) in [6.45, 7) is 17.4. The van der Waals surface area contributed by atoms with Crippen molar-refractivity contribution < 1.29 is 4.79 Å².